The second kappa shape index (κ2) is 5.49. The number of halogens is 2. The van der Waals surface area contributed by atoms with E-state index in [9.17, 15) is 8.42 Å². The van der Waals surface area contributed by atoms with Gasteiger partial charge in [-0.3, -0.25) is 0 Å². The number of piperidine rings is 1. The van der Waals surface area contributed by atoms with Crippen LogP contribution in [0.15, 0.2) is 27.6 Å². The second-order valence-electron chi connectivity index (χ2n) is 4.66. The molecular formula is C12H15BrClNO2S. The van der Waals surface area contributed by atoms with Crippen LogP contribution in [0.1, 0.15) is 19.8 Å². The monoisotopic (exact) mass is 351 g/mol. The molecule has 1 aliphatic heterocycles. The molecule has 0 amide bonds. The van der Waals surface area contributed by atoms with Crippen molar-refractivity contribution >= 4 is 37.6 Å². The van der Waals surface area contributed by atoms with Crippen LogP contribution in [0.2, 0.25) is 5.02 Å². The van der Waals surface area contributed by atoms with E-state index in [0.29, 0.717) is 33.4 Å². The molecule has 18 heavy (non-hydrogen) atoms. The van der Waals surface area contributed by atoms with Gasteiger partial charge in [-0.15, -0.1) is 0 Å². The zero-order valence-electron chi connectivity index (χ0n) is 10.1. The van der Waals surface area contributed by atoms with Crippen LogP contribution < -0.4 is 0 Å². The third-order valence-electron chi connectivity index (χ3n) is 3.27. The summed E-state index contributed by atoms with van der Waals surface area (Å²) in [5.74, 6) is 0.605. The first kappa shape index (κ1) is 14.3. The first-order chi connectivity index (χ1) is 8.41. The number of nitrogens with zero attached hydrogens (tertiary/aromatic N) is 1. The first-order valence-corrected chi connectivity index (χ1v) is 8.47. The van der Waals surface area contributed by atoms with Crippen LogP contribution in [0.25, 0.3) is 0 Å². The van der Waals surface area contributed by atoms with Gasteiger partial charge < -0.3 is 0 Å². The van der Waals surface area contributed by atoms with Crippen LogP contribution in [-0.2, 0) is 10.0 Å². The summed E-state index contributed by atoms with van der Waals surface area (Å²) < 4.78 is 27.0. The summed E-state index contributed by atoms with van der Waals surface area (Å²) in [5.41, 5.74) is 0. The van der Waals surface area contributed by atoms with Crippen molar-refractivity contribution in [2.45, 2.75) is 24.7 Å². The van der Waals surface area contributed by atoms with Crippen molar-refractivity contribution < 1.29 is 8.42 Å². The summed E-state index contributed by atoms with van der Waals surface area (Å²) >= 11 is 9.14. The lowest BCUT2D eigenvalue weighted by Gasteiger charge is -2.29. The highest BCUT2D eigenvalue weighted by Crippen LogP contribution is 2.28. The molecule has 1 saturated heterocycles. The SMILES string of the molecule is CC1CCN(S(=O)(=O)c2ccc(Cl)c(Br)c2)CC1. The highest BCUT2D eigenvalue weighted by molar-refractivity contribution is 9.10. The maximum Gasteiger partial charge on any atom is 0.243 e. The Morgan fingerprint density at radius 1 is 1.33 bits per heavy atom. The summed E-state index contributed by atoms with van der Waals surface area (Å²) in [5, 5.41) is 0.515. The molecule has 0 bridgehead atoms. The average molecular weight is 353 g/mol. The van der Waals surface area contributed by atoms with E-state index in [-0.39, 0.29) is 0 Å². The van der Waals surface area contributed by atoms with Gasteiger partial charge in [-0.05, 0) is 52.9 Å². The van der Waals surface area contributed by atoms with Gasteiger partial charge in [-0.25, -0.2) is 8.42 Å². The number of rotatable bonds is 2. The Bertz CT molecular complexity index is 539. The highest BCUT2D eigenvalue weighted by Gasteiger charge is 2.28. The van der Waals surface area contributed by atoms with E-state index in [0.717, 1.165) is 12.8 Å². The van der Waals surface area contributed by atoms with E-state index >= 15 is 0 Å². The largest absolute Gasteiger partial charge is 0.243 e. The van der Waals surface area contributed by atoms with Crippen LogP contribution >= 0.6 is 27.5 Å². The fraction of sp³-hybridized carbons (Fsp3) is 0.500. The summed E-state index contributed by atoms with van der Waals surface area (Å²) in [7, 11) is -3.38. The molecule has 1 aliphatic rings. The number of hydrogen-bond donors (Lipinski definition) is 0. The molecule has 1 aromatic carbocycles. The molecule has 0 atom stereocenters. The van der Waals surface area contributed by atoms with Crippen molar-refractivity contribution in [2.24, 2.45) is 5.92 Å². The lowest BCUT2D eigenvalue weighted by molar-refractivity contribution is 0.288. The van der Waals surface area contributed by atoms with Gasteiger partial charge >= 0.3 is 0 Å². The van der Waals surface area contributed by atoms with Gasteiger partial charge in [0.15, 0.2) is 0 Å². The van der Waals surface area contributed by atoms with Crippen molar-refractivity contribution in [3.8, 4) is 0 Å². The highest BCUT2D eigenvalue weighted by atomic mass is 79.9. The molecule has 0 radical (unpaired) electrons. The van der Waals surface area contributed by atoms with Crippen LogP contribution in [0.4, 0.5) is 0 Å². The zero-order valence-corrected chi connectivity index (χ0v) is 13.2. The molecule has 6 heteroatoms. The first-order valence-electron chi connectivity index (χ1n) is 5.86. The minimum Gasteiger partial charge on any atom is -0.207 e. The normalized spacial score (nSPS) is 19.1. The van der Waals surface area contributed by atoms with Crippen LogP contribution in [-0.4, -0.2) is 25.8 Å². The molecule has 1 fully saturated rings. The van der Waals surface area contributed by atoms with Gasteiger partial charge in [0.1, 0.15) is 0 Å². The molecule has 0 aliphatic carbocycles. The Labute approximate surface area is 121 Å². The Hall–Kier alpha value is -0.100. The molecular weight excluding hydrogens is 338 g/mol. The second-order valence-corrected chi connectivity index (χ2v) is 7.86. The number of sulfonamides is 1. The summed E-state index contributed by atoms with van der Waals surface area (Å²) in [6.45, 7) is 3.36. The van der Waals surface area contributed by atoms with E-state index in [1.54, 1.807) is 22.5 Å². The van der Waals surface area contributed by atoms with E-state index in [4.69, 9.17) is 11.6 Å². The third-order valence-corrected chi connectivity index (χ3v) is 6.38. The maximum absolute atomic E-state index is 12.4. The summed E-state index contributed by atoms with van der Waals surface area (Å²) in [6, 6.07) is 4.72. The predicted molar refractivity (Wildman–Crippen MR) is 76.3 cm³/mol. The minimum absolute atomic E-state index is 0.299. The van der Waals surface area contributed by atoms with Gasteiger partial charge in [0.2, 0.25) is 10.0 Å². The van der Waals surface area contributed by atoms with Crippen molar-refractivity contribution in [1.29, 1.82) is 0 Å². The van der Waals surface area contributed by atoms with E-state index in [2.05, 4.69) is 22.9 Å². The predicted octanol–water partition coefficient (Wildman–Crippen LogP) is 3.52. The molecule has 0 spiro atoms. The van der Waals surface area contributed by atoms with Crippen LogP contribution in [0.3, 0.4) is 0 Å². The van der Waals surface area contributed by atoms with Gasteiger partial charge in [-0.1, -0.05) is 18.5 Å². The van der Waals surface area contributed by atoms with E-state index in [1.165, 1.54) is 0 Å². The third kappa shape index (κ3) is 2.90. The van der Waals surface area contributed by atoms with Gasteiger partial charge in [0, 0.05) is 17.6 Å². The van der Waals surface area contributed by atoms with Crippen molar-refractivity contribution in [3.63, 3.8) is 0 Å². The van der Waals surface area contributed by atoms with Gasteiger partial charge in [0.25, 0.3) is 0 Å². The lowest BCUT2D eigenvalue weighted by Crippen LogP contribution is -2.37. The molecule has 0 N–H and O–H groups in total. The van der Waals surface area contributed by atoms with E-state index in [1.807, 2.05) is 0 Å². The standard InChI is InChI=1S/C12H15BrClNO2S/c1-9-4-6-15(7-5-9)18(16,17)10-2-3-12(14)11(13)8-10/h2-3,8-9H,4-7H2,1H3. The van der Waals surface area contributed by atoms with E-state index < -0.39 is 10.0 Å². The van der Waals surface area contributed by atoms with Crippen LogP contribution in [0, 0.1) is 5.92 Å². The molecule has 100 valence electrons. The summed E-state index contributed by atoms with van der Waals surface area (Å²) in [4.78, 5) is 0.299. The summed E-state index contributed by atoms with van der Waals surface area (Å²) in [6.07, 6.45) is 1.85. The molecule has 0 saturated carbocycles. The van der Waals surface area contributed by atoms with Crippen molar-refractivity contribution in [1.82, 2.24) is 4.31 Å². The Kier molecular flexibility index (Phi) is 4.36. The Morgan fingerprint density at radius 3 is 2.50 bits per heavy atom. The zero-order chi connectivity index (χ0) is 13.3. The smallest absolute Gasteiger partial charge is 0.207 e. The molecule has 2 rings (SSSR count). The fourth-order valence-corrected chi connectivity index (χ4v) is 4.16. The van der Waals surface area contributed by atoms with Gasteiger partial charge in [-0.2, -0.15) is 4.31 Å². The minimum atomic E-state index is -3.38. The number of benzene rings is 1. The van der Waals surface area contributed by atoms with Crippen molar-refractivity contribution in [3.05, 3.63) is 27.7 Å². The molecule has 1 heterocycles. The topological polar surface area (TPSA) is 37.4 Å². The van der Waals surface area contributed by atoms with Crippen LogP contribution in [0.5, 0.6) is 0 Å². The van der Waals surface area contributed by atoms with Gasteiger partial charge in [0.05, 0.1) is 9.92 Å². The maximum atomic E-state index is 12.4. The Morgan fingerprint density at radius 2 is 1.94 bits per heavy atom. The molecule has 1 aromatic rings. The molecule has 0 unspecified atom stereocenters. The fourth-order valence-electron chi connectivity index (χ4n) is 2.01. The molecule has 0 aromatic heterocycles. The quantitative estimate of drug-likeness (QED) is 0.816. The number of hydrogen-bond acceptors (Lipinski definition) is 2. The molecule has 3 nitrogen and oxygen atoms in total. The lowest BCUT2D eigenvalue weighted by atomic mass is 10.0. The van der Waals surface area contributed by atoms with Crippen molar-refractivity contribution in [2.75, 3.05) is 13.1 Å². The Balaban J connectivity index is 2.27. The average Bonchev–Trinajstić information content (AvgIpc) is 2.33.